The van der Waals surface area contributed by atoms with Crippen molar-refractivity contribution in [2.24, 2.45) is 0 Å². The number of nitrogens with one attached hydrogen (secondary N) is 1. The van der Waals surface area contributed by atoms with E-state index in [4.69, 9.17) is 5.26 Å². The predicted molar refractivity (Wildman–Crippen MR) is 76.9 cm³/mol. The lowest BCUT2D eigenvalue weighted by Gasteiger charge is -2.09. The average Bonchev–Trinajstić information content (AvgIpc) is 2.45. The Morgan fingerprint density at radius 1 is 1.38 bits per heavy atom. The Morgan fingerprint density at radius 2 is 2.10 bits per heavy atom. The number of benzene rings is 1. The SMILES string of the molecule is Cc1ccn(CC(=O)Nc2ccccc2O)c(=O)c1C#N. The predicted octanol–water partition coefficient (Wildman–Crippen LogP) is 1.37. The van der Waals surface area contributed by atoms with Gasteiger partial charge in [-0.3, -0.25) is 9.59 Å². The first-order valence-corrected chi connectivity index (χ1v) is 6.21. The number of nitriles is 1. The van der Waals surface area contributed by atoms with E-state index < -0.39 is 11.5 Å². The van der Waals surface area contributed by atoms with Crippen LogP contribution in [0.4, 0.5) is 5.69 Å². The van der Waals surface area contributed by atoms with Gasteiger partial charge in [0.25, 0.3) is 5.56 Å². The van der Waals surface area contributed by atoms with Crippen LogP contribution in [0.3, 0.4) is 0 Å². The number of aromatic hydroxyl groups is 1. The fourth-order valence-electron chi connectivity index (χ4n) is 1.85. The number of pyridine rings is 1. The highest BCUT2D eigenvalue weighted by Crippen LogP contribution is 2.21. The number of hydrogen-bond acceptors (Lipinski definition) is 4. The Kier molecular flexibility index (Phi) is 4.05. The summed E-state index contributed by atoms with van der Waals surface area (Å²) in [6.07, 6.45) is 1.46. The molecule has 1 aromatic heterocycles. The molecule has 0 fully saturated rings. The van der Waals surface area contributed by atoms with Crippen molar-refractivity contribution in [2.45, 2.75) is 13.5 Å². The molecule has 0 saturated carbocycles. The number of para-hydroxylation sites is 2. The standard InChI is InChI=1S/C15H13N3O3/c1-10-6-7-18(15(21)11(10)8-16)9-14(20)17-12-4-2-3-5-13(12)19/h2-7,19H,9H2,1H3,(H,17,20). The van der Waals surface area contributed by atoms with Crippen LogP contribution in [0.15, 0.2) is 41.3 Å². The van der Waals surface area contributed by atoms with Gasteiger partial charge in [-0.1, -0.05) is 12.1 Å². The summed E-state index contributed by atoms with van der Waals surface area (Å²) in [7, 11) is 0. The Labute approximate surface area is 120 Å². The number of carbonyl (C=O) groups is 1. The molecular formula is C15H13N3O3. The molecule has 2 rings (SSSR count). The second-order valence-corrected chi connectivity index (χ2v) is 4.48. The van der Waals surface area contributed by atoms with Crippen LogP contribution >= 0.6 is 0 Å². The van der Waals surface area contributed by atoms with Gasteiger partial charge in [0.1, 0.15) is 23.9 Å². The smallest absolute Gasteiger partial charge is 0.269 e. The molecular weight excluding hydrogens is 270 g/mol. The second kappa shape index (κ2) is 5.92. The third-order valence-corrected chi connectivity index (χ3v) is 2.98. The zero-order valence-electron chi connectivity index (χ0n) is 11.3. The number of rotatable bonds is 3. The summed E-state index contributed by atoms with van der Waals surface area (Å²) >= 11 is 0. The van der Waals surface area contributed by atoms with Crippen LogP contribution in [0, 0.1) is 18.3 Å². The number of hydrogen-bond donors (Lipinski definition) is 2. The average molecular weight is 283 g/mol. The summed E-state index contributed by atoms with van der Waals surface area (Å²) in [5, 5.41) is 21.0. The largest absolute Gasteiger partial charge is 0.506 e. The van der Waals surface area contributed by atoms with Crippen molar-refractivity contribution >= 4 is 11.6 Å². The molecule has 2 N–H and O–H groups in total. The minimum absolute atomic E-state index is 0.0212. The van der Waals surface area contributed by atoms with E-state index in [1.807, 2.05) is 6.07 Å². The van der Waals surface area contributed by atoms with Gasteiger partial charge in [-0.15, -0.1) is 0 Å². The molecule has 0 bridgehead atoms. The van der Waals surface area contributed by atoms with Crippen LogP contribution in [0.5, 0.6) is 5.75 Å². The fourth-order valence-corrected chi connectivity index (χ4v) is 1.85. The van der Waals surface area contributed by atoms with Crippen molar-refractivity contribution in [3.05, 3.63) is 58.0 Å². The van der Waals surface area contributed by atoms with Gasteiger partial charge in [0, 0.05) is 6.20 Å². The molecule has 0 spiro atoms. The molecule has 1 heterocycles. The molecule has 1 amide bonds. The maximum absolute atomic E-state index is 12.0. The van der Waals surface area contributed by atoms with E-state index in [9.17, 15) is 14.7 Å². The number of aryl methyl sites for hydroxylation is 1. The number of phenolic OH excluding ortho intramolecular Hbond substituents is 1. The highest BCUT2D eigenvalue weighted by molar-refractivity contribution is 5.92. The third-order valence-electron chi connectivity index (χ3n) is 2.98. The van der Waals surface area contributed by atoms with Gasteiger partial charge in [0.15, 0.2) is 0 Å². The molecule has 0 atom stereocenters. The Hall–Kier alpha value is -3.07. The first-order valence-electron chi connectivity index (χ1n) is 6.21. The van der Waals surface area contributed by atoms with Crippen molar-refractivity contribution in [2.75, 3.05) is 5.32 Å². The number of carbonyl (C=O) groups excluding carboxylic acids is 1. The van der Waals surface area contributed by atoms with Crippen molar-refractivity contribution in [1.29, 1.82) is 5.26 Å². The van der Waals surface area contributed by atoms with Crippen LogP contribution in [0.1, 0.15) is 11.1 Å². The van der Waals surface area contributed by atoms with Crippen molar-refractivity contribution in [1.82, 2.24) is 4.57 Å². The topological polar surface area (TPSA) is 95.1 Å². The second-order valence-electron chi connectivity index (χ2n) is 4.48. The molecule has 1 aromatic carbocycles. The molecule has 0 aliphatic rings. The van der Waals surface area contributed by atoms with Crippen LogP contribution in [-0.4, -0.2) is 15.6 Å². The Bertz CT molecular complexity index is 787. The molecule has 106 valence electrons. The summed E-state index contributed by atoms with van der Waals surface area (Å²) in [4.78, 5) is 23.9. The van der Waals surface area contributed by atoms with Crippen LogP contribution < -0.4 is 10.9 Å². The zero-order chi connectivity index (χ0) is 15.4. The molecule has 0 aliphatic carbocycles. The van der Waals surface area contributed by atoms with E-state index in [0.717, 1.165) is 4.57 Å². The molecule has 2 aromatic rings. The van der Waals surface area contributed by atoms with Gasteiger partial charge in [-0.2, -0.15) is 5.26 Å². The van der Waals surface area contributed by atoms with Gasteiger partial charge in [-0.25, -0.2) is 0 Å². The summed E-state index contributed by atoms with van der Waals surface area (Å²) in [6.45, 7) is 1.43. The fraction of sp³-hybridized carbons (Fsp3) is 0.133. The lowest BCUT2D eigenvalue weighted by Crippen LogP contribution is -2.29. The zero-order valence-corrected chi connectivity index (χ0v) is 11.3. The van der Waals surface area contributed by atoms with Crippen LogP contribution in [-0.2, 0) is 11.3 Å². The molecule has 6 nitrogen and oxygen atoms in total. The summed E-state index contributed by atoms with van der Waals surface area (Å²) in [5.41, 5.74) is 0.348. The Morgan fingerprint density at radius 3 is 2.76 bits per heavy atom. The first kappa shape index (κ1) is 14.3. The van der Waals surface area contributed by atoms with Crippen LogP contribution in [0.25, 0.3) is 0 Å². The van der Waals surface area contributed by atoms with Crippen molar-refractivity contribution in [3.8, 4) is 11.8 Å². The molecule has 0 unspecified atom stereocenters. The highest BCUT2D eigenvalue weighted by atomic mass is 16.3. The number of anilines is 1. The number of aromatic nitrogens is 1. The van der Waals surface area contributed by atoms with Gasteiger partial charge < -0.3 is 15.0 Å². The maximum Gasteiger partial charge on any atom is 0.269 e. The van der Waals surface area contributed by atoms with E-state index in [-0.39, 0.29) is 23.5 Å². The van der Waals surface area contributed by atoms with Gasteiger partial charge in [-0.05, 0) is 30.7 Å². The van der Waals surface area contributed by atoms with Crippen molar-refractivity contribution in [3.63, 3.8) is 0 Å². The molecule has 0 aliphatic heterocycles. The van der Waals surface area contributed by atoms with Crippen LogP contribution in [0.2, 0.25) is 0 Å². The molecule has 21 heavy (non-hydrogen) atoms. The molecule has 0 saturated heterocycles. The third kappa shape index (κ3) is 3.09. The van der Waals surface area contributed by atoms with E-state index in [1.165, 1.54) is 12.3 Å². The lowest BCUT2D eigenvalue weighted by molar-refractivity contribution is -0.116. The van der Waals surface area contributed by atoms with Crippen molar-refractivity contribution < 1.29 is 9.90 Å². The highest BCUT2D eigenvalue weighted by Gasteiger charge is 2.11. The summed E-state index contributed by atoms with van der Waals surface area (Å²) in [6, 6.07) is 9.73. The maximum atomic E-state index is 12.0. The van der Waals surface area contributed by atoms with E-state index in [0.29, 0.717) is 5.56 Å². The van der Waals surface area contributed by atoms with Gasteiger partial charge in [0.2, 0.25) is 5.91 Å². The number of phenols is 1. The minimum atomic E-state index is -0.509. The van der Waals surface area contributed by atoms with Gasteiger partial charge in [0.05, 0.1) is 5.69 Å². The minimum Gasteiger partial charge on any atom is -0.506 e. The van der Waals surface area contributed by atoms with E-state index >= 15 is 0 Å². The Balaban J connectivity index is 2.20. The molecule has 6 heteroatoms. The molecule has 0 radical (unpaired) electrons. The first-order chi connectivity index (χ1) is 10.0. The van der Waals surface area contributed by atoms with E-state index in [1.54, 1.807) is 31.2 Å². The number of amides is 1. The normalized spacial score (nSPS) is 9.90. The monoisotopic (exact) mass is 283 g/mol. The quantitative estimate of drug-likeness (QED) is 0.832. The van der Waals surface area contributed by atoms with Gasteiger partial charge >= 0.3 is 0 Å². The summed E-state index contributed by atoms with van der Waals surface area (Å²) < 4.78 is 1.15. The van der Waals surface area contributed by atoms with E-state index in [2.05, 4.69) is 5.32 Å². The summed E-state index contributed by atoms with van der Waals surface area (Å²) in [5.74, 6) is -0.522. The number of nitrogens with zero attached hydrogens (tertiary/aromatic N) is 2. The lowest BCUT2D eigenvalue weighted by atomic mass is 10.2.